The van der Waals surface area contributed by atoms with Crippen LogP contribution in [0.3, 0.4) is 0 Å². The van der Waals surface area contributed by atoms with Gasteiger partial charge >= 0.3 is 6.18 Å². The highest BCUT2D eigenvalue weighted by Crippen LogP contribution is 2.16. The summed E-state index contributed by atoms with van der Waals surface area (Å²) in [6, 6.07) is 5.10. The van der Waals surface area contributed by atoms with E-state index in [9.17, 15) is 22.4 Å². The smallest absolute Gasteiger partial charge is 0.329 e. The lowest BCUT2D eigenvalue weighted by molar-refractivity contribution is -0.147. The van der Waals surface area contributed by atoms with Crippen molar-refractivity contribution in [1.82, 2.24) is 4.90 Å². The fraction of sp³-hybridized carbons (Fsp3) is 0.417. The molecule has 3 N–H and O–H groups in total. The van der Waals surface area contributed by atoms with Crippen molar-refractivity contribution in [3.05, 3.63) is 30.1 Å². The molecule has 1 aromatic carbocycles. The summed E-state index contributed by atoms with van der Waals surface area (Å²) in [6.07, 6.45) is -4.41. The van der Waals surface area contributed by atoms with Gasteiger partial charge in [0.05, 0.1) is 13.1 Å². The molecule has 4 nitrogen and oxygen atoms in total. The van der Waals surface area contributed by atoms with E-state index in [2.05, 4.69) is 5.32 Å². The minimum atomic E-state index is -4.41. The average Bonchev–Trinajstić information content (AvgIpc) is 2.26. The lowest BCUT2D eigenvalue weighted by atomic mass is 10.3. The third kappa shape index (κ3) is 6.48. The summed E-state index contributed by atoms with van der Waals surface area (Å²) in [5, 5.41) is 2.33. The van der Waals surface area contributed by atoms with Gasteiger partial charge < -0.3 is 11.1 Å². The molecule has 0 aromatic heterocycles. The number of alkyl halides is 3. The van der Waals surface area contributed by atoms with Crippen molar-refractivity contribution in [2.75, 3.05) is 31.5 Å². The molecule has 0 radical (unpaired) electrons. The van der Waals surface area contributed by atoms with E-state index >= 15 is 0 Å². The largest absolute Gasteiger partial charge is 0.401 e. The number of nitrogens with zero attached hydrogens (tertiary/aromatic N) is 1. The monoisotopic (exact) mass is 293 g/mol. The Morgan fingerprint density at radius 3 is 2.60 bits per heavy atom. The first-order valence-corrected chi connectivity index (χ1v) is 5.85. The molecule has 1 rings (SSSR count). The van der Waals surface area contributed by atoms with Gasteiger partial charge in [-0.1, -0.05) is 6.07 Å². The van der Waals surface area contributed by atoms with Crippen LogP contribution in [0.1, 0.15) is 0 Å². The fourth-order valence-electron chi connectivity index (χ4n) is 1.62. The van der Waals surface area contributed by atoms with Crippen LogP contribution in [0.25, 0.3) is 0 Å². The van der Waals surface area contributed by atoms with Gasteiger partial charge in [-0.3, -0.25) is 9.69 Å². The standard InChI is InChI=1S/C12H15F4N3O/c13-9-2-1-3-10(6-9)18-11(20)7-19(5-4-17)8-12(14,15)16/h1-3,6H,4-5,7-8,17H2,(H,18,20). The number of rotatable bonds is 6. The summed E-state index contributed by atoms with van der Waals surface area (Å²) in [5.41, 5.74) is 5.40. The Morgan fingerprint density at radius 2 is 2.05 bits per heavy atom. The van der Waals surface area contributed by atoms with Crippen molar-refractivity contribution in [2.24, 2.45) is 5.73 Å². The van der Waals surface area contributed by atoms with E-state index in [-0.39, 0.29) is 18.8 Å². The molecule has 0 unspecified atom stereocenters. The van der Waals surface area contributed by atoms with E-state index < -0.39 is 31.0 Å². The lowest BCUT2D eigenvalue weighted by Gasteiger charge is -2.22. The maximum atomic E-state index is 12.9. The van der Waals surface area contributed by atoms with Gasteiger partial charge in [-0.05, 0) is 18.2 Å². The van der Waals surface area contributed by atoms with Crippen LogP contribution in [0, 0.1) is 5.82 Å². The van der Waals surface area contributed by atoms with Gasteiger partial charge in [-0.25, -0.2) is 4.39 Å². The number of anilines is 1. The van der Waals surface area contributed by atoms with E-state index in [1.807, 2.05) is 0 Å². The van der Waals surface area contributed by atoms with E-state index in [1.165, 1.54) is 18.2 Å². The molecule has 1 amide bonds. The topological polar surface area (TPSA) is 58.4 Å². The number of carbonyl (C=O) groups excluding carboxylic acids is 1. The molecule has 0 atom stereocenters. The summed E-state index contributed by atoms with van der Waals surface area (Å²) >= 11 is 0. The number of hydrogen-bond donors (Lipinski definition) is 2. The van der Waals surface area contributed by atoms with Crippen LogP contribution in [0.5, 0.6) is 0 Å². The molecule has 0 aliphatic heterocycles. The summed E-state index contributed by atoms with van der Waals surface area (Å²) in [7, 11) is 0. The Kier molecular flexibility index (Phi) is 5.90. The van der Waals surface area contributed by atoms with E-state index in [0.29, 0.717) is 0 Å². The molecule has 0 aliphatic rings. The number of hydrogen-bond acceptors (Lipinski definition) is 3. The number of carbonyl (C=O) groups is 1. The van der Waals surface area contributed by atoms with E-state index in [0.717, 1.165) is 11.0 Å². The van der Waals surface area contributed by atoms with Gasteiger partial charge in [0.2, 0.25) is 5.91 Å². The molecule has 0 bridgehead atoms. The lowest BCUT2D eigenvalue weighted by Crippen LogP contribution is -2.42. The molecular formula is C12H15F4N3O. The molecule has 0 spiro atoms. The first-order valence-electron chi connectivity index (χ1n) is 5.85. The maximum Gasteiger partial charge on any atom is 0.401 e. The van der Waals surface area contributed by atoms with Crippen LogP contribution in [-0.4, -0.2) is 43.2 Å². The summed E-state index contributed by atoms with van der Waals surface area (Å²) < 4.78 is 49.8. The number of nitrogens with one attached hydrogen (secondary N) is 1. The van der Waals surface area contributed by atoms with Crippen LogP contribution in [0.15, 0.2) is 24.3 Å². The normalized spacial score (nSPS) is 11.7. The molecule has 20 heavy (non-hydrogen) atoms. The Balaban J connectivity index is 2.57. The molecule has 8 heteroatoms. The van der Waals surface area contributed by atoms with E-state index in [1.54, 1.807) is 0 Å². The van der Waals surface area contributed by atoms with Crippen LogP contribution < -0.4 is 11.1 Å². The summed E-state index contributed by atoms with van der Waals surface area (Å²) in [5.74, 6) is -1.20. The maximum absolute atomic E-state index is 12.9. The minimum Gasteiger partial charge on any atom is -0.329 e. The predicted octanol–water partition coefficient (Wildman–Crippen LogP) is 1.59. The number of amides is 1. The highest BCUT2D eigenvalue weighted by atomic mass is 19.4. The SMILES string of the molecule is NCCN(CC(=O)Nc1cccc(F)c1)CC(F)(F)F. The zero-order valence-corrected chi connectivity index (χ0v) is 10.6. The van der Waals surface area contributed by atoms with Gasteiger partial charge in [0.1, 0.15) is 5.82 Å². The first kappa shape index (κ1) is 16.4. The van der Waals surface area contributed by atoms with Gasteiger partial charge in [-0.15, -0.1) is 0 Å². The molecule has 0 heterocycles. The summed E-state index contributed by atoms with van der Waals surface area (Å²) in [6.45, 7) is -1.74. The second-order valence-corrected chi connectivity index (χ2v) is 4.17. The molecular weight excluding hydrogens is 278 g/mol. The minimum absolute atomic E-state index is 0.00330. The van der Waals surface area contributed by atoms with Gasteiger partial charge in [0.15, 0.2) is 0 Å². The molecule has 0 saturated heterocycles. The summed E-state index contributed by atoms with van der Waals surface area (Å²) in [4.78, 5) is 12.5. The quantitative estimate of drug-likeness (QED) is 0.783. The highest BCUT2D eigenvalue weighted by Gasteiger charge is 2.31. The van der Waals surface area contributed by atoms with Crippen molar-refractivity contribution in [3.8, 4) is 0 Å². The second kappa shape index (κ2) is 7.20. The van der Waals surface area contributed by atoms with Crippen LogP contribution in [-0.2, 0) is 4.79 Å². The molecule has 1 aromatic rings. The molecule has 0 aliphatic carbocycles. The van der Waals surface area contributed by atoms with Crippen molar-refractivity contribution < 1.29 is 22.4 Å². The zero-order chi connectivity index (χ0) is 15.2. The van der Waals surface area contributed by atoms with Crippen LogP contribution in [0.2, 0.25) is 0 Å². The highest BCUT2D eigenvalue weighted by molar-refractivity contribution is 5.92. The fourth-order valence-corrected chi connectivity index (χ4v) is 1.62. The average molecular weight is 293 g/mol. The zero-order valence-electron chi connectivity index (χ0n) is 10.6. The van der Waals surface area contributed by atoms with Crippen LogP contribution >= 0.6 is 0 Å². The van der Waals surface area contributed by atoms with Crippen molar-refractivity contribution >= 4 is 11.6 Å². The van der Waals surface area contributed by atoms with Crippen molar-refractivity contribution in [2.45, 2.75) is 6.18 Å². The van der Waals surface area contributed by atoms with Gasteiger partial charge in [-0.2, -0.15) is 13.2 Å². The first-order chi connectivity index (χ1) is 9.30. The molecule has 0 fully saturated rings. The Hall–Kier alpha value is -1.67. The van der Waals surface area contributed by atoms with Gasteiger partial charge in [0.25, 0.3) is 0 Å². The molecule has 0 saturated carbocycles. The second-order valence-electron chi connectivity index (χ2n) is 4.17. The van der Waals surface area contributed by atoms with Crippen LogP contribution in [0.4, 0.5) is 23.2 Å². The number of nitrogens with two attached hydrogens (primary N) is 1. The van der Waals surface area contributed by atoms with E-state index in [4.69, 9.17) is 5.73 Å². The van der Waals surface area contributed by atoms with Gasteiger partial charge in [0, 0.05) is 18.8 Å². The number of halogens is 4. The Bertz CT molecular complexity index is 451. The predicted molar refractivity (Wildman–Crippen MR) is 66.6 cm³/mol. The number of benzene rings is 1. The van der Waals surface area contributed by atoms with Crippen molar-refractivity contribution in [3.63, 3.8) is 0 Å². The Morgan fingerprint density at radius 1 is 1.35 bits per heavy atom. The van der Waals surface area contributed by atoms with Crippen molar-refractivity contribution in [1.29, 1.82) is 0 Å². The molecule has 112 valence electrons. The third-order valence-electron chi connectivity index (χ3n) is 2.32. The Labute approximate surface area is 113 Å². The third-order valence-corrected chi connectivity index (χ3v) is 2.32.